The summed E-state index contributed by atoms with van der Waals surface area (Å²) >= 11 is 13.0. The van der Waals surface area contributed by atoms with E-state index in [0.717, 1.165) is 22.9 Å². The largest absolute Gasteiger partial charge is 0.411 e. The predicted molar refractivity (Wildman–Crippen MR) is 100 cm³/mol. The maximum atomic E-state index is 12.0. The summed E-state index contributed by atoms with van der Waals surface area (Å²) in [5.41, 5.74) is 2.45. The van der Waals surface area contributed by atoms with Gasteiger partial charge >= 0.3 is 0 Å². The zero-order valence-electron chi connectivity index (χ0n) is 13.1. The highest BCUT2D eigenvalue weighted by Crippen LogP contribution is 2.27. The number of hydrogen-bond donors (Lipinski definition) is 1. The zero-order chi connectivity index (χ0) is 17.8. The third kappa shape index (κ3) is 4.75. The van der Waals surface area contributed by atoms with Crippen LogP contribution in [-0.4, -0.2) is 21.9 Å². The Balaban J connectivity index is 1.59. The number of aromatic nitrogens is 2. The van der Waals surface area contributed by atoms with Crippen molar-refractivity contribution in [2.75, 3.05) is 11.1 Å². The summed E-state index contributed by atoms with van der Waals surface area (Å²) < 4.78 is 5.58. The van der Waals surface area contributed by atoms with Crippen LogP contribution < -0.4 is 5.32 Å². The van der Waals surface area contributed by atoms with Crippen molar-refractivity contribution in [1.29, 1.82) is 0 Å². The van der Waals surface area contributed by atoms with Gasteiger partial charge in [0.2, 0.25) is 11.8 Å². The molecule has 3 aromatic rings. The lowest BCUT2D eigenvalue weighted by Gasteiger charge is -2.06. The van der Waals surface area contributed by atoms with Crippen LogP contribution in [0.15, 0.2) is 52.1 Å². The Bertz CT molecular complexity index is 914. The Morgan fingerprint density at radius 3 is 2.80 bits per heavy atom. The van der Waals surface area contributed by atoms with Crippen LogP contribution in [0.25, 0.3) is 11.5 Å². The van der Waals surface area contributed by atoms with Crippen molar-refractivity contribution in [3.63, 3.8) is 0 Å². The maximum absolute atomic E-state index is 12.0. The molecule has 0 aliphatic rings. The number of carbonyl (C=O) groups excluding carboxylic acids is 1. The number of amides is 1. The topological polar surface area (TPSA) is 68.0 Å². The molecule has 128 valence electrons. The summed E-state index contributed by atoms with van der Waals surface area (Å²) in [5, 5.41) is 11.9. The van der Waals surface area contributed by atoms with Gasteiger partial charge in [0.1, 0.15) is 0 Å². The van der Waals surface area contributed by atoms with Gasteiger partial charge in [0, 0.05) is 10.6 Å². The first kappa shape index (κ1) is 17.8. The summed E-state index contributed by atoms with van der Waals surface area (Å²) in [5.74, 6) is 0.311. The fourth-order valence-electron chi connectivity index (χ4n) is 2.07. The van der Waals surface area contributed by atoms with Crippen molar-refractivity contribution in [3.8, 4) is 11.5 Å². The highest BCUT2D eigenvalue weighted by Gasteiger charge is 2.12. The van der Waals surface area contributed by atoms with Gasteiger partial charge in [-0.15, -0.1) is 10.2 Å². The van der Waals surface area contributed by atoms with Gasteiger partial charge in [-0.2, -0.15) is 0 Å². The van der Waals surface area contributed by atoms with Gasteiger partial charge in [0.15, 0.2) is 0 Å². The van der Waals surface area contributed by atoms with Crippen molar-refractivity contribution in [2.24, 2.45) is 0 Å². The molecule has 3 rings (SSSR count). The number of hydrogen-bond acceptors (Lipinski definition) is 5. The Morgan fingerprint density at radius 2 is 2.04 bits per heavy atom. The molecule has 0 spiro atoms. The molecule has 1 amide bonds. The average Bonchev–Trinajstić information content (AvgIpc) is 3.05. The van der Waals surface area contributed by atoms with Gasteiger partial charge in [-0.25, -0.2) is 0 Å². The van der Waals surface area contributed by atoms with Crippen LogP contribution in [0.2, 0.25) is 10.0 Å². The molecule has 0 bridgehead atoms. The van der Waals surface area contributed by atoms with E-state index in [2.05, 4.69) is 15.5 Å². The van der Waals surface area contributed by atoms with Gasteiger partial charge in [-0.05, 0) is 37.3 Å². The summed E-state index contributed by atoms with van der Waals surface area (Å²) in [4.78, 5) is 12.0. The van der Waals surface area contributed by atoms with Crippen LogP contribution >= 0.6 is 35.0 Å². The van der Waals surface area contributed by atoms with Crippen molar-refractivity contribution in [2.45, 2.75) is 12.1 Å². The predicted octanol–water partition coefficient (Wildman–Crippen LogP) is 5.08. The van der Waals surface area contributed by atoms with Crippen molar-refractivity contribution in [1.82, 2.24) is 10.2 Å². The second kappa shape index (κ2) is 7.91. The molecule has 0 radical (unpaired) electrons. The van der Waals surface area contributed by atoms with Gasteiger partial charge in [-0.3, -0.25) is 4.79 Å². The van der Waals surface area contributed by atoms with Crippen molar-refractivity contribution >= 4 is 46.6 Å². The first-order valence-corrected chi connectivity index (χ1v) is 9.03. The summed E-state index contributed by atoms with van der Waals surface area (Å²) in [6.07, 6.45) is 0. The number of anilines is 1. The summed E-state index contributed by atoms with van der Waals surface area (Å²) in [6, 6.07) is 12.6. The van der Waals surface area contributed by atoms with E-state index in [1.807, 2.05) is 31.2 Å². The Morgan fingerprint density at radius 1 is 1.20 bits per heavy atom. The first-order valence-electron chi connectivity index (χ1n) is 7.29. The standard InChI is InChI=1S/C17H13Cl2N3O2S/c1-10-3-2-4-11(7-10)16-21-22-17(24-16)25-9-15(23)20-14-6-5-12(18)8-13(14)19/h2-8H,9H2,1H3,(H,20,23). The SMILES string of the molecule is Cc1cccc(-c2nnc(SCC(=O)Nc3ccc(Cl)cc3Cl)o2)c1. The number of rotatable bonds is 5. The molecule has 0 saturated heterocycles. The lowest BCUT2D eigenvalue weighted by Crippen LogP contribution is -2.14. The third-order valence-electron chi connectivity index (χ3n) is 3.20. The number of halogens is 2. The molecule has 1 aromatic heterocycles. The van der Waals surface area contributed by atoms with Crippen LogP contribution in [0.5, 0.6) is 0 Å². The molecule has 5 nitrogen and oxygen atoms in total. The molecular weight excluding hydrogens is 381 g/mol. The van der Waals surface area contributed by atoms with E-state index < -0.39 is 0 Å². The molecule has 2 aromatic carbocycles. The van der Waals surface area contributed by atoms with Crippen molar-refractivity contribution < 1.29 is 9.21 Å². The van der Waals surface area contributed by atoms with Gasteiger partial charge in [-0.1, -0.05) is 52.7 Å². The third-order valence-corrected chi connectivity index (χ3v) is 4.57. The number of benzene rings is 2. The number of thioether (sulfide) groups is 1. The minimum atomic E-state index is -0.232. The lowest BCUT2D eigenvalue weighted by molar-refractivity contribution is -0.113. The van der Waals surface area contributed by atoms with E-state index in [-0.39, 0.29) is 11.7 Å². The van der Waals surface area contributed by atoms with Crippen LogP contribution in [-0.2, 0) is 4.79 Å². The molecule has 0 aliphatic heterocycles. The van der Waals surface area contributed by atoms with Crippen LogP contribution in [0.3, 0.4) is 0 Å². The highest BCUT2D eigenvalue weighted by atomic mass is 35.5. The number of aryl methyl sites for hydroxylation is 1. The van der Waals surface area contributed by atoms with E-state index >= 15 is 0 Å². The van der Waals surface area contributed by atoms with Crippen LogP contribution in [0, 0.1) is 6.92 Å². The second-order valence-electron chi connectivity index (χ2n) is 5.20. The lowest BCUT2D eigenvalue weighted by atomic mass is 10.1. The number of carbonyl (C=O) groups is 1. The molecule has 0 unspecified atom stereocenters. The zero-order valence-corrected chi connectivity index (χ0v) is 15.5. The quantitative estimate of drug-likeness (QED) is 0.611. The maximum Gasteiger partial charge on any atom is 0.277 e. The van der Waals surface area contributed by atoms with Gasteiger partial charge in [0.05, 0.1) is 16.5 Å². The van der Waals surface area contributed by atoms with Crippen molar-refractivity contribution in [3.05, 3.63) is 58.1 Å². The Kier molecular flexibility index (Phi) is 5.63. The fraction of sp³-hybridized carbons (Fsp3) is 0.118. The van der Waals surface area contributed by atoms with E-state index in [0.29, 0.717) is 26.8 Å². The van der Waals surface area contributed by atoms with E-state index in [4.69, 9.17) is 27.6 Å². The molecule has 0 atom stereocenters. The van der Waals surface area contributed by atoms with E-state index in [1.54, 1.807) is 18.2 Å². The molecular formula is C17H13Cl2N3O2S. The average molecular weight is 394 g/mol. The smallest absolute Gasteiger partial charge is 0.277 e. The monoisotopic (exact) mass is 393 g/mol. The fourth-order valence-corrected chi connectivity index (χ4v) is 3.09. The Hall–Kier alpha value is -2.02. The van der Waals surface area contributed by atoms with E-state index in [1.165, 1.54) is 0 Å². The molecule has 1 N–H and O–H groups in total. The molecule has 0 aliphatic carbocycles. The van der Waals surface area contributed by atoms with Gasteiger partial charge in [0.25, 0.3) is 5.22 Å². The highest BCUT2D eigenvalue weighted by molar-refractivity contribution is 7.99. The summed E-state index contributed by atoms with van der Waals surface area (Å²) in [7, 11) is 0. The van der Waals surface area contributed by atoms with E-state index in [9.17, 15) is 4.79 Å². The number of nitrogens with zero attached hydrogens (tertiary/aromatic N) is 2. The molecule has 0 fully saturated rings. The second-order valence-corrected chi connectivity index (χ2v) is 6.97. The molecule has 1 heterocycles. The number of nitrogens with one attached hydrogen (secondary N) is 1. The minimum Gasteiger partial charge on any atom is -0.411 e. The normalized spacial score (nSPS) is 10.7. The first-order chi connectivity index (χ1) is 12.0. The Labute approximate surface area is 158 Å². The molecule has 8 heteroatoms. The molecule has 0 saturated carbocycles. The van der Waals surface area contributed by atoms with Gasteiger partial charge < -0.3 is 9.73 Å². The minimum absolute atomic E-state index is 0.119. The van der Waals surface area contributed by atoms with Crippen LogP contribution in [0.4, 0.5) is 5.69 Å². The van der Waals surface area contributed by atoms with Crippen LogP contribution in [0.1, 0.15) is 5.56 Å². The summed E-state index contributed by atoms with van der Waals surface area (Å²) in [6.45, 7) is 1.99. The molecule has 25 heavy (non-hydrogen) atoms.